The molecule has 2 rings (SSSR count). The molecule has 11 unspecified atom stereocenters. The van der Waals surface area contributed by atoms with Crippen LogP contribution in [0.5, 0.6) is 0 Å². The van der Waals surface area contributed by atoms with E-state index in [0.717, 1.165) is 89.9 Å². The lowest BCUT2D eigenvalue weighted by Gasteiger charge is -2.42. The summed E-state index contributed by atoms with van der Waals surface area (Å²) in [4.78, 5) is 13.1. The van der Waals surface area contributed by atoms with Crippen LogP contribution in [0.3, 0.4) is 0 Å². The van der Waals surface area contributed by atoms with E-state index in [1.165, 1.54) is 57.8 Å². The molecule has 0 aromatic heterocycles. The Labute approximate surface area is 445 Å². The number of unbranched alkanes of at least 4 members (excludes halogenated alkanes) is 14. The molecule has 0 aromatic rings. The molecule has 2 aliphatic heterocycles. The summed E-state index contributed by atoms with van der Waals surface area (Å²) >= 11 is 0. The molecular weight excluding hydrogens is 945 g/mol. The van der Waals surface area contributed by atoms with Crippen LogP contribution in [0.2, 0.25) is 0 Å². The Balaban J connectivity index is 1.75. The highest BCUT2D eigenvalue weighted by molar-refractivity contribution is 5.69. The SMILES string of the molecule is CC/C=C\C/C=C\C/C=C\C/C=C\C/C=C\C/C=C\C/C=C\CCCCCC(=O)OC(COCCCCCCCC/C=C\CCCCCCC)COC1OC(COC2OC(CO)C(O)C(O)C2O)C(O)C(O)C1O. The minimum Gasteiger partial charge on any atom is -0.457 e. The normalized spacial score (nSPS) is 25.5. The molecule has 0 aromatic carbocycles. The molecule has 2 heterocycles. The van der Waals surface area contributed by atoms with Gasteiger partial charge in [-0.2, -0.15) is 0 Å². The third kappa shape index (κ3) is 32.5. The zero-order chi connectivity index (χ0) is 53.7. The lowest BCUT2D eigenvalue weighted by atomic mass is 9.98. The van der Waals surface area contributed by atoms with Crippen LogP contribution in [0, 0.1) is 0 Å². The van der Waals surface area contributed by atoms with Crippen LogP contribution in [0.15, 0.2) is 97.2 Å². The molecule has 0 bridgehead atoms. The average molecular weight is 1050 g/mol. The largest absolute Gasteiger partial charge is 0.457 e. The zero-order valence-corrected chi connectivity index (χ0v) is 45.3. The Morgan fingerprint density at radius 2 is 0.878 bits per heavy atom. The average Bonchev–Trinajstić information content (AvgIpc) is 3.40. The molecule has 2 aliphatic rings. The van der Waals surface area contributed by atoms with E-state index in [-0.39, 0.29) is 19.6 Å². The van der Waals surface area contributed by atoms with Crippen molar-refractivity contribution in [1.82, 2.24) is 0 Å². The highest BCUT2D eigenvalue weighted by Crippen LogP contribution is 2.26. The van der Waals surface area contributed by atoms with Gasteiger partial charge in [-0.3, -0.25) is 4.79 Å². The van der Waals surface area contributed by atoms with Crippen LogP contribution in [0.25, 0.3) is 0 Å². The van der Waals surface area contributed by atoms with Gasteiger partial charge < -0.3 is 64.2 Å². The van der Waals surface area contributed by atoms with Crippen molar-refractivity contribution in [3.63, 3.8) is 0 Å². The number of esters is 1. The Morgan fingerprint density at radius 1 is 0.459 bits per heavy atom. The van der Waals surface area contributed by atoms with Crippen molar-refractivity contribution in [2.45, 2.75) is 242 Å². The first kappa shape index (κ1) is 67.0. The van der Waals surface area contributed by atoms with E-state index in [1.807, 2.05) is 0 Å². The van der Waals surface area contributed by atoms with E-state index in [1.54, 1.807) is 0 Å². The van der Waals surface area contributed by atoms with Crippen molar-refractivity contribution in [1.29, 1.82) is 0 Å². The van der Waals surface area contributed by atoms with Gasteiger partial charge in [0.2, 0.25) is 0 Å². The predicted molar refractivity (Wildman–Crippen MR) is 293 cm³/mol. The fourth-order valence-corrected chi connectivity index (χ4v) is 8.26. The molecule has 14 nitrogen and oxygen atoms in total. The second kappa shape index (κ2) is 46.0. The number of allylic oxidation sites excluding steroid dienone is 16. The van der Waals surface area contributed by atoms with E-state index >= 15 is 0 Å². The van der Waals surface area contributed by atoms with Gasteiger partial charge in [-0.15, -0.1) is 0 Å². The smallest absolute Gasteiger partial charge is 0.306 e. The molecule has 0 spiro atoms. The van der Waals surface area contributed by atoms with Gasteiger partial charge in [-0.1, -0.05) is 169 Å². The van der Waals surface area contributed by atoms with Crippen molar-refractivity contribution in [3.8, 4) is 0 Å². The van der Waals surface area contributed by atoms with E-state index in [2.05, 4.69) is 111 Å². The molecule has 11 atom stereocenters. The number of aliphatic hydroxyl groups excluding tert-OH is 7. The highest BCUT2D eigenvalue weighted by atomic mass is 16.7. The molecule has 0 radical (unpaired) electrons. The Hall–Kier alpha value is -3.09. The van der Waals surface area contributed by atoms with Crippen molar-refractivity contribution in [2.24, 2.45) is 0 Å². The molecule has 0 amide bonds. The van der Waals surface area contributed by atoms with Gasteiger partial charge in [0.1, 0.15) is 54.9 Å². The maximum absolute atomic E-state index is 13.1. The first-order chi connectivity index (χ1) is 36.1. The summed E-state index contributed by atoms with van der Waals surface area (Å²) in [5.41, 5.74) is 0. The van der Waals surface area contributed by atoms with Gasteiger partial charge in [0, 0.05) is 13.0 Å². The van der Waals surface area contributed by atoms with Gasteiger partial charge in [0.05, 0.1) is 26.4 Å². The van der Waals surface area contributed by atoms with Crippen LogP contribution >= 0.6 is 0 Å². The minimum absolute atomic E-state index is 0.0376. The van der Waals surface area contributed by atoms with Crippen molar-refractivity contribution < 1.29 is 69.0 Å². The van der Waals surface area contributed by atoms with Crippen LogP contribution in [-0.4, -0.2) is 142 Å². The number of rotatable bonds is 44. The van der Waals surface area contributed by atoms with Crippen molar-refractivity contribution >= 4 is 5.97 Å². The fourth-order valence-electron chi connectivity index (χ4n) is 8.26. The topological polar surface area (TPSA) is 214 Å². The highest BCUT2D eigenvalue weighted by Gasteiger charge is 2.47. The Morgan fingerprint density at radius 3 is 1.39 bits per heavy atom. The lowest BCUT2D eigenvalue weighted by molar-refractivity contribution is -0.332. The lowest BCUT2D eigenvalue weighted by Crippen LogP contribution is -2.61. The molecule has 2 saturated heterocycles. The number of hydrogen-bond donors (Lipinski definition) is 7. The summed E-state index contributed by atoms with van der Waals surface area (Å²) in [6, 6.07) is 0. The van der Waals surface area contributed by atoms with E-state index in [4.69, 9.17) is 28.4 Å². The fraction of sp³-hybridized carbons (Fsp3) is 0.717. The third-order valence-corrected chi connectivity index (χ3v) is 12.8. The number of ether oxygens (including phenoxy) is 6. The Bertz CT molecular complexity index is 1590. The maximum Gasteiger partial charge on any atom is 0.306 e. The number of carbonyl (C=O) groups is 1. The van der Waals surface area contributed by atoms with Gasteiger partial charge in [0.15, 0.2) is 12.6 Å². The summed E-state index contributed by atoms with van der Waals surface area (Å²) in [5, 5.41) is 72.3. The number of carbonyl (C=O) groups excluding carboxylic acids is 1. The molecule has 0 saturated carbocycles. The first-order valence-electron chi connectivity index (χ1n) is 28.3. The van der Waals surface area contributed by atoms with Crippen LogP contribution in [0.1, 0.15) is 174 Å². The van der Waals surface area contributed by atoms with Gasteiger partial charge in [0.25, 0.3) is 0 Å². The number of aliphatic hydroxyl groups is 7. The monoisotopic (exact) mass is 1040 g/mol. The van der Waals surface area contributed by atoms with Crippen LogP contribution in [-0.2, 0) is 33.2 Å². The summed E-state index contributed by atoms with van der Waals surface area (Å²) in [6.45, 7) is 3.49. The van der Waals surface area contributed by atoms with Gasteiger partial charge >= 0.3 is 5.97 Å². The van der Waals surface area contributed by atoms with Crippen LogP contribution < -0.4 is 0 Å². The second-order valence-corrected chi connectivity index (χ2v) is 19.4. The van der Waals surface area contributed by atoms with E-state index in [0.29, 0.717) is 13.0 Å². The molecule has 14 heteroatoms. The summed E-state index contributed by atoms with van der Waals surface area (Å²) in [6.07, 6.45) is 44.6. The van der Waals surface area contributed by atoms with Crippen molar-refractivity contribution in [2.75, 3.05) is 33.0 Å². The molecule has 7 N–H and O–H groups in total. The summed E-state index contributed by atoms with van der Waals surface area (Å²) < 4.78 is 34.3. The maximum atomic E-state index is 13.1. The molecule has 74 heavy (non-hydrogen) atoms. The van der Waals surface area contributed by atoms with Crippen LogP contribution in [0.4, 0.5) is 0 Å². The Kier molecular flexibility index (Phi) is 41.7. The molecular formula is C60H100O14. The minimum atomic E-state index is -1.72. The molecule has 2 fully saturated rings. The zero-order valence-electron chi connectivity index (χ0n) is 45.3. The van der Waals surface area contributed by atoms with Gasteiger partial charge in [-0.05, 0) is 96.3 Å². The second-order valence-electron chi connectivity index (χ2n) is 19.4. The van der Waals surface area contributed by atoms with Gasteiger partial charge in [-0.25, -0.2) is 0 Å². The predicted octanol–water partition coefficient (Wildman–Crippen LogP) is 9.80. The first-order valence-corrected chi connectivity index (χ1v) is 28.3. The third-order valence-electron chi connectivity index (χ3n) is 12.8. The quantitative estimate of drug-likeness (QED) is 0.0172. The molecule has 424 valence electrons. The van der Waals surface area contributed by atoms with Crippen molar-refractivity contribution in [3.05, 3.63) is 97.2 Å². The van der Waals surface area contributed by atoms with E-state index < -0.39 is 86.7 Å². The standard InChI is InChI=1S/C60H100O14/c1-3-5-7-9-11-13-15-17-19-20-21-22-23-24-25-26-27-28-29-31-33-35-37-39-41-43-52(62)72-49(46-69-44-42-40-38-36-34-32-30-18-16-14-12-10-8-6-4-2)47-70-59-58(68)56(66)54(64)51(74-59)48-71-60-57(67)55(65)53(63)50(45-61)73-60/h5,7,11,13,16-19,21-22,24-25,27-28,31,33,49-51,53-61,63-68H,3-4,6,8-10,12,14-15,20,23,26,29-30,32,34-48H2,1-2H3/b7-5-,13-11-,18-16-,19-17-,22-21-,25-24-,28-27-,33-31-. The van der Waals surface area contributed by atoms with E-state index in [9.17, 15) is 40.5 Å². The number of hydrogen-bond acceptors (Lipinski definition) is 14. The molecule has 0 aliphatic carbocycles. The summed E-state index contributed by atoms with van der Waals surface area (Å²) in [5.74, 6) is -0.413. The summed E-state index contributed by atoms with van der Waals surface area (Å²) in [7, 11) is 0.